The molecule has 0 bridgehead atoms. The molecule has 1 aliphatic heterocycles. The minimum atomic E-state index is -1.24. The third kappa shape index (κ3) is 3.11. The molecule has 3 heterocycles. The number of halogens is 2. The smallest absolute Gasteiger partial charge is 0.320 e. The zero-order valence-corrected chi connectivity index (χ0v) is 16.5. The van der Waals surface area contributed by atoms with E-state index in [2.05, 4.69) is 19.8 Å². The van der Waals surface area contributed by atoms with Gasteiger partial charge in [-0.3, -0.25) is 14.8 Å². The van der Waals surface area contributed by atoms with Gasteiger partial charge in [0.1, 0.15) is 10.6 Å². The number of nitrogens with zero attached hydrogens (tertiary/aromatic N) is 4. The van der Waals surface area contributed by atoms with Crippen molar-refractivity contribution in [3.05, 3.63) is 64.8 Å². The second kappa shape index (κ2) is 6.88. The molecule has 7 nitrogen and oxygen atoms in total. The van der Waals surface area contributed by atoms with Crippen LogP contribution < -0.4 is 5.73 Å². The molecule has 3 N–H and O–H groups in total. The molecule has 1 aliphatic carbocycles. The molecule has 2 aromatic rings. The molecule has 0 aromatic carbocycles. The molecule has 10 heteroatoms. The van der Waals surface area contributed by atoms with Gasteiger partial charge in [-0.05, 0) is 37.1 Å². The van der Waals surface area contributed by atoms with Crippen molar-refractivity contribution in [3.8, 4) is 0 Å². The van der Waals surface area contributed by atoms with Crippen LogP contribution in [0.1, 0.15) is 30.2 Å². The number of nitrogens with two attached hydrogens (primary N) is 1. The molecule has 2 aliphatic rings. The minimum Gasteiger partial charge on any atom is -0.480 e. The number of carboxylic acid groups (broad SMARTS) is 1. The number of pyridine rings is 2. The van der Waals surface area contributed by atoms with E-state index in [1.807, 2.05) is 0 Å². The molecule has 4 rings (SSSR count). The van der Waals surface area contributed by atoms with Crippen molar-refractivity contribution in [1.82, 2.24) is 9.97 Å². The van der Waals surface area contributed by atoms with Crippen LogP contribution in [0.4, 0.5) is 14.5 Å². The van der Waals surface area contributed by atoms with Crippen LogP contribution in [0.5, 0.6) is 0 Å². The highest BCUT2D eigenvalue weighted by molar-refractivity contribution is 8.15. The van der Waals surface area contributed by atoms with Crippen molar-refractivity contribution in [2.24, 2.45) is 16.6 Å². The summed E-state index contributed by atoms with van der Waals surface area (Å²) < 4.78 is 28.1. The molecular weight excluding hydrogens is 412 g/mol. The largest absolute Gasteiger partial charge is 0.480 e. The second-order valence-corrected chi connectivity index (χ2v) is 8.61. The van der Waals surface area contributed by atoms with E-state index in [1.54, 1.807) is 6.92 Å². The van der Waals surface area contributed by atoms with Gasteiger partial charge in [0, 0.05) is 23.9 Å². The molecular formula is C20H15F2N5O2S. The molecule has 3 atom stereocenters. The Morgan fingerprint density at radius 3 is 2.83 bits per heavy atom. The van der Waals surface area contributed by atoms with Gasteiger partial charge in [-0.1, -0.05) is 17.8 Å². The third-order valence-corrected chi connectivity index (χ3v) is 6.69. The predicted molar refractivity (Wildman–Crippen MR) is 109 cm³/mol. The number of aromatic nitrogens is 2. The van der Waals surface area contributed by atoms with E-state index in [0.29, 0.717) is 6.42 Å². The molecule has 0 saturated heterocycles. The lowest BCUT2D eigenvalue weighted by Gasteiger charge is -2.32. The first kappa shape index (κ1) is 20.0. The van der Waals surface area contributed by atoms with Crippen LogP contribution in [0.25, 0.3) is 16.7 Å². The van der Waals surface area contributed by atoms with Crippen LogP contribution in [-0.4, -0.2) is 31.0 Å². The van der Waals surface area contributed by atoms with E-state index in [-0.39, 0.29) is 27.7 Å². The van der Waals surface area contributed by atoms with E-state index in [0.717, 1.165) is 24.0 Å². The zero-order valence-electron chi connectivity index (χ0n) is 15.6. The number of rotatable bonds is 4. The summed E-state index contributed by atoms with van der Waals surface area (Å²) in [6, 6.07) is 4.20. The first-order valence-electron chi connectivity index (χ1n) is 8.84. The number of hydrogen-bond donors (Lipinski definition) is 2. The van der Waals surface area contributed by atoms with Crippen LogP contribution in [0.15, 0.2) is 35.6 Å². The van der Waals surface area contributed by atoms with Crippen molar-refractivity contribution in [1.29, 1.82) is 0 Å². The quantitative estimate of drug-likeness (QED) is 0.569. The van der Waals surface area contributed by atoms with Crippen LogP contribution in [0.2, 0.25) is 0 Å². The van der Waals surface area contributed by atoms with Gasteiger partial charge in [0.2, 0.25) is 11.6 Å². The molecule has 1 fully saturated rings. The number of thioether (sulfide) groups is 1. The average Bonchev–Trinajstić information content (AvgIpc) is 3.46. The summed E-state index contributed by atoms with van der Waals surface area (Å²) in [4.78, 5) is 26.9. The maximum Gasteiger partial charge on any atom is 0.320 e. The Labute approximate surface area is 174 Å². The van der Waals surface area contributed by atoms with E-state index >= 15 is 0 Å². The Kier molecular flexibility index (Phi) is 4.58. The SMILES string of the molecule is [C-]#[N+]c1ccc(/C(F)=C/c2cnc(F)c([C@@]3(C)N=C(N)S[C@@]4(C(=O)O)C[C@H]43)c2)nc1. The zero-order chi connectivity index (χ0) is 21.7. The maximum atomic E-state index is 14.7. The number of carbonyl (C=O) groups is 1. The maximum absolute atomic E-state index is 14.7. The van der Waals surface area contributed by atoms with Crippen molar-refractivity contribution in [3.63, 3.8) is 0 Å². The lowest BCUT2D eigenvalue weighted by Crippen LogP contribution is -2.39. The predicted octanol–water partition coefficient (Wildman–Crippen LogP) is 3.75. The molecule has 1 saturated carbocycles. The summed E-state index contributed by atoms with van der Waals surface area (Å²) in [5.74, 6) is -3.00. The van der Waals surface area contributed by atoms with Crippen LogP contribution in [0.3, 0.4) is 0 Å². The summed E-state index contributed by atoms with van der Waals surface area (Å²) >= 11 is 0.973. The van der Waals surface area contributed by atoms with Gasteiger partial charge in [0.15, 0.2) is 5.17 Å². The average molecular weight is 427 g/mol. The van der Waals surface area contributed by atoms with Crippen LogP contribution in [0, 0.1) is 18.4 Å². The fourth-order valence-electron chi connectivity index (χ4n) is 3.77. The summed E-state index contributed by atoms with van der Waals surface area (Å²) in [6.07, 6.45) is 3.85. The minimum absolute atomic E-state index is 0.0166. The van der Waals surface area contributed by atoms with Gasteiger partial charge in [0.05, 0.1) is 17.8 Å². The van der Waals surface area contributed by atoms with Gasteiger partial charge < -0.3 is 10.8 Å². The number of aliphatic carboxylic acids is 1. The summed E-state index contributed by atoms with van der Waals surface area (Å²) in [5, 5.41) is 9.68. The van der Waals surface area contributed by atoms with E-state index in [4.69, 9.17) is 12.3 Å². The van der Waals surface area contributed by atoms with Gasteiger partial charge >= 0.3 is 5.97 Å². The highest BCUT2D eigenvalue weighted by atomic mass is 32.2. The molecule has 0 unspecified atom stereocenters. The Morgan fingerprint density at radius 2 is 2.20 bits per heavy atom. The third-order valence-electron chi connectivity index (χ3n) is 5.40. The van der Waals surface area contributed by atoms with Crippen molar-refractivity contribution >= 4 is 40.5 Å². The monoisotopic (exact) mass is 427 g/mol. The van der Waals surface area contributed by atoms with E-state index < -0.39 is 33.9 Å². The highest BCUT2D eigenvalue weighted by Crippen LogP contribution is 2.65. The fourth-order valence-corrected chi connectivity index (χ4v) is 5.08. The van der Waals surface area contributed by atoms with Crippen molar-refractivity contribution in [2.75, 3.05) is 0 Å². The number of aliphatic imine (C=N–C) groups is 1. The number of fused-ring (bicyclic) bond motifs is 1. The van der Waals surface area contributed by atoms with Gasteiger partial charge in [-0.25, -0.2) is 14.2 Å². The van der Waals surface area contributed by atoms with Gasteiger partial charge in [0.25, 0.3) is 0 Å². The van der Waals surface area contributed by atoms with Gasteiger partial charge in [-0.15, -0.1) is 0 Å². The van der Waals surface area contributed by atoms with Crippen molar-refractivity contribution < 1.29 is 18.7 Å². The Bertz CT molecular complexity index is 1160. The summed E-state index contributed by atoms with van der Waals surface area (Å²) in [6.45, 7) is 8.52. The number of amidine groups is 1. The molecule has 0 radical (unpaired) electrons. The van der Waals surface area contributed by atoms with E-state index in [1.165, 1.54) is 24.4 Å². The van der Waals surface area contributed by atoms with E-state index in [9.17, 15) is 18.7 Å². The molecule has 30 heavy (non-hydrogen) atoms. The normalized spacial score (nSPS) is 27.6. The molecule has 2 aromatic heterocycles. The first-order chi connectivity index (χ1) is 14.2. The first-order valence-corrected chi connectivity index (χ1v) is 9.66. The highest BCUT2D eigenvalue weighted by Gasteiger charge is 2.71. The Hall–Kier alpha value is -3.32. The lowest BCUT2D eigenvalue weighted by atomic mass is 9.86. The van der Waals surface area contributed by atoms with Gasteiger partial charge in [-0.2, -0.15) is 4.39 Å². The second-order valence-electron chi connectivity index (χ2n) is 7.26. The summed E-state index contributed by atoms with van der Waals surface area (Å²) in [7, 11) is 0. The number of hydrogen-bond acceptors (Lipinski definition) is 6. The van der Waals surface area contributed by atoms with Crippen LogP contribution in [-0.2, 0) is 10.3 Å². The Balaban J connectivity index is 1.73. The summed E-state index contributed by atoms with van der Waals surface area (Å²) in [5.41, 5.74) is 5.23. The van der Waals surface area contributed by atoms with Crippen LogP contribution >= 0.6 is 11.8 Å². The number of carboxylic acids is 1. The molecule has 0 amide bonds. The lowest BCUT2D eigenvalue weighted by molar-refractivity contribution is -0.137. The molecule has 152 valence electrons. The molecule has 0 spiro atoms. The fraction of sp³-hybridized carbons (Fsp3) is 0.250. The Morgan fingerprint density at radius 1 is 1.43 bits per heavy atom. The standard InChI is InChI=1S/C20H15F2N5O2S/c1-19(15-7-20(15,17(28)29)30-18(23)27-19)12-5-10(8-26-16(12)22)6-13(21)14-4-3-11(24-2)9-25-14/h3-6,8-9,15H,7H2,1H3,(H2,23,27)(H,28,29)/b13-6-/t15-,19+,20-/m0/s1. The van der Waals surface area contributed by atoms with Crippen molar-refractivity contribution in [2.45, 2.75) is 23.6 Å². The topological polar surface area (TPSA) is 106 Å².